The van der Waals surface area contributed by atoms with Gasteiger partial charge in [-0.05, 0) is 25.1 Å². The third-order valence-corrected chi connectivity index (χ3v) is 4.05. The van der Waals surface area contributed by atoms with Crippen LogP contribution in [0.1, 0.15) is 18.5 Å². The number of carbonyl (C=O) groups excluding carboxylic acids is 1. The third-order valence-electron chi connectivity index (χ3n) is 3.49. The van der Waals surface area contributed by atoms with E-state index >= 15 is 0 Å². The number of nitro benzene ring substituents is 1. The molecule has 0 aliphatic heterocycles. The lowest BCUT2D eigenvalue weighted by molar-refractivity contribution is -0.682. The molecule has 6 nitrogen and oxygen atoms in total. The van der Waals surface area contributed by atoms with Gasteiger partial charge in [-0.15, -0.1) is 0 Å². The first-order valence-electron chi connectivity index (χ1n) is 7.19. The average molecular weight is 369 g/mol. The molecule has 0 saturated heterocycles. The fraction of sp³-hybridized carbons (Fsp3) is 0.188. The summed E-state index contributed by atoms with van der Waals surface area (Å²) in [5.41, 5.74) is 1.28. The van der Waals surface area contributed by atoms with Gasteiger partial charge in [-0.3, -0.25) is 14.9 Å². The van der Waals surface area contributed by atoms with Crippen LogP contribution in [0.2, 0.25) is 10.0 Å². The van der Waals surface area contributed by atoms with E-state index in [0.717, 1.165) is 5.56 Å². The van der Waals surface area contributed by atoms with E-state index in [1.807, 2.05) is 24.4 Å². The van der Waals surface area contributed by atoms with E-state index in [-0.39, 0.29) is 29.2 Å². The second-order valence-electron chi connectivity index (χ2n) is 5.25. The van der Waals surface area contributed by atoms with E-state index in [0.29, 0.717) is 10.7 Å². The lowest BCUT2D eigenvalue weighted by Crippen LogP contribution is -2.86. The molecular weight excluding hydrogens is 353 g/mol. The van der Waals surface area contributed by atoms with E-state index in [2.05, 4.69) is 5.32 Å². The number of rotatable bonds is 6. The van der Waals surface area contributed by atoms with Gasteiger partial charge >= 0.3 is 0 Å². The number of quaternary nitrogens is 1. The smallest absolute Gasteiger partial charge is 0.279 e. The standard InChI is InChI=1S/C16H15Cl2N3O3/c1-10(11-2-4-12(17)5-3-11)19-9-16(22)20-15-7-6-13(21(23)24)8-14(15)18/h2-8,10,19H,9H2,1H3,(H,20,22)/p+1/t10-/m0/s1. The zero-order valence-electron chi connectivity index (χ0n) is 12.8. The first kappa shape index (κ1) is 18.2. The van der Waals surface area contributed by atoms with Gasteiger partial charge in [0.1, 0.15) is 6.04 Å². The Balaban J connectivity index is 1.91. The van der Waals surface area contributed by atoms with Crippen molar-refractivity contribution in [2.24, 2.45) is 0 Å². The molecule has 0 unspecified atom stereocenters. The largest absolute Gasteiger partial charge is 0.333 e. The number of hydrogen-bond donors (Lipinski definition) is 2. The molecule has 24 heavy (non-hydrogen) atoms. The molecule has 0 fully saturated rings. The highest BCUT2D eigenvalue weighted by atomic mass is 35.5. The highest BCUT2D eigenvalue weighted by Gasteiger charge is 2.14. The van der Waals surface area contributed by atoms with Gasteiger partial charge < -0.3 is 10.6 Å². The molecule has 0 bridgehead atoms. The maximum atomic E-state index is 12.0. The van der Waals surface area contributed by atoms with E-state index in [1.165, 1.54) is 18.2 Å². The molecule has 2 aromatic carbocycles. The normalized spacial score (nSPS) is 11.8. The Morgan fingerprint density at radius 1 is 1.25 bits per heavy atom. The van der Waals surface area contributed by atoms with Crippen molar-refractivity contribution in [2.45, 2.75) is 13.0 Å². The molecule has 0 aliphatic rings. The molecule has 0 saturated carbocycles. The number of non-ortho nitro benzene ring substituents is 1. The molecule has 0 spiro atoms. The van der Waals surface area contributed by atoms with Crippen LogP contribution in [-0.4, -0.2) is 17.4 Å². The number of nitro groups is 1. The Kier molecular flexibility index (Phi) is 6.14. The number of anilines is 1. The number of hydrogen-bond acceptors (Lipinski definition) is 3. The summed E-state index contributed by atoms with van der Waals surface area (Å²) in [6.45, 7) is 2.17. The van der Waals surface area contributed by atoms with Gasteiger partial charge in [-0.1, -0.05) is 35.3 Å². The molecule has 8 heteroatoms. The first-order chi connectivity index (χ1) is 11.4. The van der Waals surface area contributed by atoms with Crippen molar-refractivity contribution < 1.29 is 15.0 Å². The fourth-order valence-corrected chi connectivity index (χ4v) is 2.45. The number of halogens is 2. The van der Waals surface area contributed by atoms with E-state index < -0.39 is 4.92 Å². The van der Waals surface area contributed by atoms with Crippen LogP contribution in [0.25, 0.3) is 0 Å². The third kappa shape index (κ3) is 4.92. The Bertz CT molecular complexity index is 751. The first-order valence-corrected chi connectivity index (χ1v) is 7.95. The zero-order chi connectivity index (χ0) is 17.7. The Morgan fingerprint density at radius 3 is 2.50 bits per heavy atom. The van der Waals surface area contributed by atoms with E-state index in [4.69, 9.17) is 23.2 Å². The van der Waals surface area contributed by atoms with Crippen molar-refractivity contribution in [2.75, 3.05) is 11.9 Å². The van der Waals surface area contributed by atoms with Crippen molar-refractivity contribution in [3.8, 4) is 0 Å². The molecule has 2 rings (SSSR count). The predicted octanol–water partition coefficient (Wildman–Crippen LogP) is 3.16. The summed E-state index contributed by atoms with van der Waals surface area (Å²) in [5, 5.41) is 16.0. The van der Waals surface area contributed by atoms with Crippen molar-refractivity contribution in [3.05, 3.63) is 68.2 Å². The van der Waals surface area contributed by atoms with Gasteiger partial charge in [-0.25, -0.2) is 0 Å². The number of nitrogens with one attached hydrogen (secondary N) is 1. The monoisotopic (exact) mass is 368 g/mol. The predicted molar refractivity (Wildman–Crippen MR) is 93.4 cm³/mol. The molecule has 3 N–H and O–H groups in total. The second kappa shape index (κ2) is 8.10. The molecule has 0 heterocycles. The maximum absolute atomic E-state index is 12.0. The number of amides is 1. The number of nitrogens with zero attached hydrogens (tertiary/aromatic N) is 1. The van der Waals surface area contributed by atoms with Gasteiger partial charge in [0.25, 0.3) is 11.6 Å². The molecule has 2 aromatic rings. The summed E-state index contributed by atoms with van der Waals surface area (Å²) in [6.07, 6.45) is 0. The van der Waals surface area contributed by atoms with Crippen molar-refractivity contribution in [3.63, 3.8) is 0 Å². The van der Waals surface area contributed by atoms with Crippen LogP contribution in [-0.2, 0) is 4.79 Å². The number of carbonyl (C=O) groups is 1. The minimum Gasteiger partial charge on any atom is -0.333 e. The zero-order valence-corrected chi connectivity index (χ0v) is 14.3. The summed E-state index contributed by atoms with van der Waals surface area (Å²) in [6, 6.07) is 11.4. The van der Waals surface area contributed by atoms with Crippen LogP contribution in [0.5, 0.6) is 0 Å². The summed E-state index contributed by atoms with van der Waals surface area (Å²) < 4.78 is 0. The van der Waals surface area contributed by atoms with Crippen LogP contribution in [0.15, 0.2) is 42.5 Å². The fourth-order valence-electron chi connectivity index (χ4n) is 2.11. The van der Waals surface area contributed by atoms with Crippen molar-refractivity contribution in [1.82, 2.24) is 0 Å². The summed E-state index contributed by atoms with van der Waals surface area (Å²) in [7, 11) is 0. The van der Waals surface area contributed by atoms with Crippen LogP contribution < -0.4 is 10.6 Å². The molecule has 0 aliphatic carbocycles. The summed E-state index contributed by atoms with van der Waals surface area (Å²) in [5.74, 6) is -0.244. The van der Waals surface area contributed by atoms with Crippen LogP contribution in [0.3, 0.4) is 0 Å². The Morgan fingerprint density at radius 2 is 1.92 bits per heavy atom. The number of nitrogens with two attached hydrogens (primary N) is 1. The molecule has 0 radical (unpaired) electrons. The molecule has 1 atom stereocenters. The lowest BCUT2D eigenvalue weighted by atomic mass is 10.1. The molecular formula is C16H16Cl2N3O3+. The maximum Gasteiger partial charge on any atom is 0.279 e. The minimum atomic E-state index is -0.543. The average Bonchev–Trinajstić information content (AvgIpc) is 2.55. The van der Waals surface area contributed by atoms with Gasteiger partial charge in [0.2, 0.25) is 0 Å². The second-order valence-corrected chi connectivity index (χ2v) is 6.09. The van der Waals surface area contributed by atoms with Crippen LogP contribution >= 0.6 is 23.2 Å². The highest BCUT2D eigenvalue weighted by molar-refractivity contribution is 6.34. The lowest BCUT2D eigenvalue weighted by Gasteiger charge is -2.11. The minimum absolute atomic E-state index is 0.0837. The van der Waals surface area contributed by atoms with Gasteiger partial charge in [-0.2, -0.15) is 0 Å². The molecule has 0 aromatic heterocycles. The quantitative estimate of drug-likeness (QED) is 0.606. The Hall–Kier alpha value is -2.15. The SMILES string of the molecule is C[C@H]([NH2+]CC(=O)Nc1ccc([N+](=O)[O-])cc1Cl)c1ccc(Cl)cc1. The highest BCUT2D eigenvalue weighted by Crippen LogP contribution is 2.26. The Labute approximate surface area is 148 Å². The summed E-state index contributed by atoms with van der Waals surface area (Å²) in [4.78, 5) is 22.1. The topological polar surface area (TPSA) is 88.8 Å². The van der Waals surface area contributed by atoms with Gasteiger partial charge in [0, 0.05) is 22.7 Å². The van der Waals surface area contributed by atoms with E-state index in [1.54, 1.807) is 12.1 Å². The van der Waals surface area contributed by atoms with Gasteiger partial charge in [0.15, 0.2) is 6.54 Å². The molecule has 126 valence electrons. The summed E-state index contributed by atoms with van der Waals surface area (Å²) >= 11 is 11.8. The van der Waals surface area contributed by atoms with E-state index in [9.17, 15) is 14.9 Å². The number of benzene rings is 2. The van der Waals surface area contributed by atoms with Gasteiger partial charge in [0.05, 0.1) is 15.6 Å². The van der Waals surface area contributed by atoms with Crippen LogP contribution in [0, 0.1) is 10.1 Å². The van der Waals surface area contributed by atoms with Crippen molar-refractivity contribution >= 4 is 40.5 Å². The van der Waals surface area contributed by atoms with Crippen molar-refractivity contribution in [1.29, 1.82) is 0 Å². The molecule has 1 amide bonds. The van der Waals surface area contributed by atoms with Crippen LogP contribution in [0.4, 0.5) is 11.4 Å².